The summed E-state index contributed by atoms with van der Waals surface area (Å²) < 4.78 is 19.3. The topological polar surface area (TPSA) is 9.23 Å². The van der Waals surface area contributed by atoms with Gasteiger partial charge in [0, 0.05) is 12.0 Å². The van der Waals surface area contributed by atoms with E-state index in [1.807, 2.05) is 30.3 Å². The molecule has 0 fully saturated rings. The van der Waals surface area contributed by atoms with Crippen LogP contribution in [0.1, 0.15) is 37.3 Å². The first-order chi connectivity index (χ1) is 11.3. The molecule has 0 bridgehead atoms. The number of hydrogen-bond acceptors (Lipinski definition) is 1. The molecule has 0 spiro atoms. The zero-order chi connectivity index (χ0) is 16.1. The van der Waals surface area contributed by atoms with E-state index in [9.17, 15) is 4.39 Å². The van der Waals surface area contributed by atoms with Crippen LogP contribution in [-0.2, 0) is 11.3 Å². The average Bonchev–Trinajstić information content (AvgIpc) is 2.61. The standard InChI is InChI=1S/C21H21FO/c1-2-16-8-13-21(23-15-17-6-4-3-5-7-17)20(14-16)18-9-11-19(22)12-10-18/h3-7,9-12,14H,2,8,13,15H2,1H3. The third kappa shape index (κ3) is 3.89. The predicted molar refractivity (Wildman–Crippen MR) is 92.2 cm³/mol. The second-order valence-electron chi connectivity index (χ2n) is 5.77. The van der Waals surface area contributed by atoms with Crippen LogP contribution >= 0.6 is 0 Å². The van der Waals surface area contributed by atoms with Crippen LogP contribution in [0.4, 0.5) is 4.39 Å². The fourth-order valence-corrected chi connectivity index (χ4v) is 2.81. The highest BCUT2D eigenvalue weighted by molar-refractivity contribution is 5.77. The monoisotopic (exact) mass is 308 g/mol. The van der Waals surface area contributed by atoms with E-state index >= 15 is 0 Å². The zero-order valence-corrected chi connectivity index (χ0v) is 13.4. The average molecular weight is 308 g/mol. The molecule has 0 amide bonds. The summed E-state index contributed by atoms with van der Waals surface area (Å²) in [6, 6.07) is 16.8. The minimum Gasteiger partial charge on any atom is -0.493 e. The highest BCUT2D eigenvalue weighted by atomic mass is 19.1. The van der Waals surface area contributed by atoms with Crippen molar-refractivity contribution in [3.8, 4) is 0 Å². The molecule has 0 saturated carbocycles. The Morgan fingerprint density at radius 3 is 2.39 bits per heavy atom. The molecule has 0 radical (unpaired) electrons. The Kier molecular flexibility index (Phi) is 4.92. The second-order valence-corrected chi connectivity index (χ2v) is 5.77. The van der Waals surface area contributed by atoms with Gasteiger partial charge >= 0.3 is 0 Å². The Balaban J connectivity index is 1.88. The lowest BCUT2D eigenvalue weighted by atomic mass is 9.92. The third-order valence-electron chi connectivity index (χ3n) is 4.19. The molecular formula is C21H21FO. The Morgan fingerprint density at radius 1 is 0.957 bits per heavy atom. The predicted octanol–water partition coefficient (Wildman–Crippen LogP) is 5.88. The van der Waals surface area contributed by atoms with Crippen LogP contribution in [0.15, 0.2) is 72.0 Å². The first-order valence-electron chi connectivity index (χ1n) is 8.11. The summed E-state index contributed by atoms with van der Waals surface area (Å²) in [6.07, 6.45) is 5.18. The van der Waals surface area contributed by atoms with Crippen molar-refractivity contribution < 1.29 is 9.13 Å². The van der Waals surface area contributed by atoms with E-state index in [0.29, 0.717) is 6.61 Å². The van der Waals surface area contributed by atoms with Crippen molar-refractivity contribution in [3.63, 3.8) is 0 Å². The van der Waals surface area contributed by atoms with Gasteiger partial charge in [0.25, 0.3) is 0 Å². The smallest absolute Gasteiger partial charge is 0.123 e. The van der Waals surface area contributed by atoms with Crippen LogP contribution in [-0.4, -0.2) is 0 Å². The van der Waals surface area contributed by atoms with E-state index in [1.54, 1.807) is 0 Å². The van der Waals surface area contributed by atoms with Crippen LogP contribution in [0.2, 0.25) is 0 Å². The van der Waals surface area contributed by atoms with E-state index < -0.39 is 0 Å². The number of halogens is 1. The highest BCUT2D eigenvalue weighted by Crippen LogP contribution is 2.33. The highest BCUT2D eigenvalue weighted by Gasteiger charge is 2.16. The van der Waals surface area contributed by atoms with Gasteiger partial charge in [-0.3, -0.25) is 0 Å². The Hall–Kier alpha value is -2.35. The zero-order valence-electron chi connectivity index (χ0n) is 13.4. The van der Waals surface area contributed by atoms with Gasteiger partial charge in [-0.25, -0.2) is 4.39 Å². The van der Waals surface area contributed by atoms with Gasteiger partial charge in [0.1, 0.15) is 18.2 Å². The van der Waals surface area contributed by atoms with Gasteiger partial charge < -0.3 is 4.74 Å². The van der Waals surface area contributed by atoms with Gasteiger partial charge in [-0.15, -0.1) is 0 Å². The summed E-state index contributed by atoms with van der Waals surface area (Å²) in [4.78, 5) is 0. The fourth-order valence-electron chi connectivity index (χ4n) is 2.81. The summed E-state index contributed by atoms with van der Waals surface area (Å²) in [6.45, 7) is 2.74. The molecule has 2 heteroatoms. The number of rotatable bonds is 5. The Labute approximate surface area is 137 Å². The molecule has 0 aliphatic heterocycles. The van der Waals surface area contributed by atoms with Gasteiger partial charge in [-0.05, 0) is 36.1 Å². The SMILES string of the molecule is CCC1=CC(c2ccc(F)cc2)=C(OCc2ccccc2)CC1. The van der Waals surface area contributed by atoms with Crippen molar-refractivity contribution in [2.45, 2.75) is 32.8 Å². The third-order valence-corrected chi connectivity index (χ3v) is 4.19. The molecule has 0 unspecified atom stereocenters. The van der Waals surface area contributed by atoms with Crippen molar-refractivity contribution in [1.82, 2.24) is 0 Å². The molecule has 1 aliphatic carbocycles. The molecule has 3 rings (SSSR count). The summed E-state index contributed by atoms with van der Waals surface area (Å²) in [5.41, 5.74) is 4.67. The first-order valence-corrected chi connectivity index (χ1v) is 8.11. The van der Waals surface area contributed by atoms with Gasteiger partial charge in [0.2, 0.25) is 0 Å². The number of hydrogen-bond donors (Lipinski definition) is 0. The minimum atomic E-state index is -0.211. The van der Waals surface area contributed by atoms with Crippen molar-refractivity contribution >= 4 is 5.57 Å². The van der Waals surface area contributed by atoms with Gasteiger partial charge in [-0.2, -0.15) is 0 Å². The Bertz CT molecular complexity index is 711. The van der Waals surface area contributed by atoms with Crippen molar-refractivity contribution in [2.24, 2.45) is 0 Å². The number of benzene rings is 2. The van der Waals surface area contributed by atoms with Gasteiger partial charge in [-0.1, -0.05) is 61.0 Å². The van der Waals surface area contributed by atoms with Gasteiger partial charge in [0.05, 0.1) is 0 Å². The molecule has 1 nitrogen and oxygen atoms in total. The lowest BCUT2D eigenvalue weighted by Crippen LogP contribution is -2.03. The van der Waals surface area contributed by atoms with Crippen molar-refractivity contribution in [2.75, 3.05) is 0 Å². The maximum absolute atomic E-state index is 13.2. The summed E-state index contributed by atoms with van der Waals surface area (Å²) in [7, 11) is 0. The molecule has 0 N–H and O–H groups in total. The largest absolute Gasteiger partial charge is 0.493 e. The molecule has 0 aromatic heterocycles. The van der Waals surface area contributed by atoms with Crippen LogP contribution < -0.4 is 0 Å². The Morgan fingerprint density at radius 2 is 1.70 bits per heavy atom. The van der Waals surface area contributed by atoms with E-state index in [1.165, 1.54) is 17.7 Å². The summed E-state index contributed by atoms with van der Waals surface area (Å²) >= 11 is 0. The minimum absolute atomic E-state index is 0.211. The lowest BCUT2D eigenvalue weighted by molar-refractivity contribution is 0.190. The normalized spacial score (nSPS) is 14.6. The van der Waals surface area contributed by atoms with Crippen molar-refractivity contribution in [3.05, 3.63) is 88.9 Å². The van der Waals surface area contributed by atoms with E-state index in [-0.39, 0.29) is 5.82 Å². The molecule has 0 atom stereocenters. The van der Waals surface area contributed by atoms with E-state index in [2.05, 4.69) is 25.1 Å². The van der Waals surface area contributed by atoms with Crippen LogP contribution in [0, 0.1) is 5.82 Å². The number of allylic oxidation sites excluding steroid dienone is 4. The lowest BCUT2D eigenvalue weighted by Gasteiger charge is -2.21. The fraction of sp³-hybridized carbons (Fsp3) is 0.238. The number of ether oxygens (including phenoxy) is 1. The second kappa shape index (κ2) is 7.28. The van der Waals surface area contributed by atoms with Crippen LogP contribution in [0.5, 0.6) is 0 Å². The first kappa shape index (κ1) is 15.5. The molecule has 0 saturated heterocycles. The maximum Gasteiger partial charge on any atom is 0.123 e. The van der Waals surface area contributed by atoms with E-state index in [0.717, 1.165) is 41.7 Å². The molecular weight excluding hydrogens is 287 g/mol. The van der Waals surface area contributed by atoms with Crippen molar-refractivity contribution in [1.29, 1.82) is 0 Å². The summed E-state index contributed by atoms with van der Waals surface area (Å²) in [5, 5.41) is 0. The molecule has 118 valence electrons. The summed E-state index contributed by atoms with van der Waals surface area (Å²) in [5.74, 6) is 0.786. The molecule has 23 heavy (non-hydrogen) atoms. The quantitative estimate of drug-likeness (QED) is 0.670. The molecule has 0 heterocycles. The van der Waals surface area contributed by atoms with Crippen LogP contribution in [0.3, 0.4) is 0 Å². The molecule has 2 aromatic carbocycles. The maximum atomic E-state index is 13.2. The molecule has 2 aromatic rings. The van der Waals surface area contributed by atoms with E-state index in [4.69, 9.17) is 4.74 Å². The molecule has 1 aliphatic rings. The van der Waals surface area contributed by atoms with Crippen LogP contribution in [0.25, 0.3) is 5.57 Å². The van der Waals surface area contributed by atoms with Gasteiger partial charge in [0.15, 0.2) is 0 Å².